The topological polar surface area (TPSA) is 43.4 Å². The Morgan fingerprint density at radius 2 is 1.37 bits per heavy atom. The molecule has 0 saturated heterocycles. The van der Waals surface area contributed by atoms with Crippen molar-refractivity contribution in [1.29, 1.82) is 0 Å². The normalized spacial score (nSPS) is 10.1. The Hall–Kier alpha value is -0.860. The van der Waals surface area contributed by atoms with Crippen LogP contribution in [0.1, 0.15) is 84.6 Å². The molecular formula is C16H42O3. The molecule has 0 aromatic rings. The van der Waals surface area contributed by atoms with Crippen LogP contribution in [0.25, 0.3) is 0 Å². The predicted octanol–water partition coefficient (Wildman–Crippen LogP) is 5.76. The molecule has 1 atom stereocenters. The van der Waals surface area contributed by atoms with Crippen molar-refractivity contribution >= 4 is 11.8 Å². The Labute approximate surface area is 124 Å². The summed E-state index contributed by atoms with van der Waals surface area (Å²) >= 11 is 0. The average Bonchev–Trinajstić information content (AvgIpc) is 2.12. The molecule has 0 aliphatic rings. The van der Waals surface area contributed by atoms with E-state index in [1.165, 1.54) is 14.0 Å². The van der Waals surface area contributed by atoms with Gasteiger partial charge in [-0.05, 0) is 20.3 Å². The molecule has 0 rings (SSSR count). The summed E-state index contributed by atoms with van der Waals surface area (Å²) in [5.41, 5.74) is -0.940. The van der Waals surface area contributed by atoms with Crippen LogP contribution in [0.4, 0.5) is 0 Å². The van der Waals surface area contributed by atoms with Gasteiger partial charge in [-0.25, -0.2) is 0 Å². The number of ether oxygens (including phenoxy) is 1. The van der Waals surface area contributed by atoms with E-state index in [4.69, 9.17) is 0 Å². The molecule has 3 heteroatoms. The van der Waals surface area contributed by atoms with Crippen LogP contribution in [-0.4, -0.2) is 18.9 Å². The smallest absolute Gasteiger partial charge is 0.319 e. The Morgan fingerprint density at radius 3 is 1.58 bits per heavy atom. The first-order chi connectivity index (χ1) is 5.99. The van der Waals surface area contributed by atoms with Crippen LogP contribution in [0.5, 0.6) is 0 Å². The summed E-state index contributed by atoms with van der Waals surface area (Å²) in [6.07, 6.45) is 2.41. The van der Waals surface area contributed by atoms with Crippen LogP contribution in [0.3, 0.4) is 0 Å². The number of rotatable bonds is 5. The lowest BCUT2D eigenvalue weighted by Gasteiger charge is -2.22. The van der Waals surface area contributed by atoms with Gasteiger partial charge >= 0.3 is 5.97 Å². The van der Waals surface area contributed by atoms with Gasteiger partial charge < -0.3 is 4.74 Å². The highest BCUT2D eigenvalue weighted by atomic mass is 16.5. The minimum atomic E-state index is -0.940. The second kappa shape index (κ2) is 19.5. The molecule has 0 spiro atoms. The van der Waals surface area contributed by atoms with Crippen molar-refractivity contribution < 1.29 is 14.3 Å². The van der Waals surface area contributed by atoms with E-state index in [2.05, 4.69) is 4.74 Å². The third-order valence-corrected chi connectivity index (χ3v) is 2.44. The second-order valence-electron chi connectivity index (χ2n) is 3.48. The van der Waals surface area contributed by atoms with E-state index in [-0.39, 0.29) is 50.3 Å². The predicted molar refractivity (Wildman–Crippen MR) is 90.7 cm³/mol. The highest BCUT2D eigenvalue weighted by Gasteiger charge is 2.38. The maximum absolute atomic E-state index is 11.3. The average molecular weight is 283 g/mol. The molecule has 0 aliphatic heterocycles. The largest absolute Gasteiger partial charge is 0.468 e. The van der Waals surface area contributed by atoms with Crippen molar-refractivity contribution in [2.45, 2.75) is 84.6 Å². The number of esters is 1. The first kappa shape index (κ1) is 42.9. The highest BCUT2D eigenvalue weighted by molar-refractivity contribution is 6.02. The van der Waals surface area contributed by atoms with Crippen molar-refractivity contribution in [3.05, 3.63) is 0 Å². The number of unbranched alkanes of at least 4 members (excludes halogenated alkanes) is 1. The minimum Gasteiger partial charge on any atom is -0.468 e. The molecule has 0 N–H and O–H groups in total. The minimum absolute atomic E-state index is 0. The number of hydrogen-bond acceptors (Lipinski definition) is 3. The van der Waals surface area contributed by atoms with Crippen molar-refractivity contribution in [2.24, 2.45) is 5.41 Å². The van der Waals surface area contributed by atoms with E-state index in [9.17, 15) is 9.59 Å². The lowest BCUT2D eigenvalue weighted by molar-refractivity contribution is -0.156. The second-order valence-corrected chi connectivity index (χ2v) is 3.48. The maximum atomic E-state index is 11.3. The quantitative estimate of drug-likeness (QED) is 0.475. The molecule has 3 nitrogen and oxygen atoms in total. The zero-order valence-electron chi connectivity index (χ0n) is 8.85. The fourth-order valence-electron chi connectivity index (χ4n) is 1.18. The summed E-state index contributed by atoms with van der Waals surface area (Å²) in [5.74, 6) is -0.541. The summed E-state index contributed by atoms with van der Waals surface area (Å²) in [4.78, 5) is 22.6. The Morgan fingerprint density at radius 1 is 1.00 bits per heavy atom. The summed E-state index contributed by atoms with van der Waals surface area (Å²) < 4.78 is 4.61. The van der Waals surface area contributed by atoms with E-state index in [1.54, 1.807) is 6.92 Å². The summed E-state index contributed by atoms with van der Waals surface area (Å²) in [7, 11) is 1.31. The molecule has 0 saturated carbocycles. The molecular weight excluding hydrogens is 240 g/mol. The molecule has 0 heterocycles. The van der Waals surface area contributed by atoms with Crippen LogP contribution in [0.15, 0.2) is 0 Å². The van der Waals surface area contributed by atoms with Crippen molar-refractivity contribution in [3.8, 4) is 0 Å². The van der Waals surface area contributed by atoms with Gasteiger partial charge in [-0.2, -0.15) is 0 Å². The first-order valence-electron chi connectivity index (χ1n) is 4.58. The molecule has 0 radical (unpaired) electrons. The number of Topliss-reactive ketones (excluding diaryl/α,β-unsaturated/α-hetero) is 1. The Bertz CT molecular complexity index is 200. The third-order valence-electron chi connectivity index (χ3n) is 2.44. The summed E-state index contributed by atoms with van der Waals surface area (Å²) in [5, 5.41) is 0. The first-order valence-corrected chi connectivity index (χ1v) is 4.58. The van der Waals surface area contributed by atoms with Crippen molar-refractivity contribution in [2.75, 3.05) is 7.11 Å². The lowest BCUT2D eigenvalue weighted by Crippen LogP contribution is -2.35. The van der Waals surface area contributed by atoms with Gasteiger partial charge in [-0.15, -0.1) is 0 Å². The van der Waals surface area contributed by atoms with Crippen LogP contribution in [-0.2, 0) is 14.3 Å². The SMILES string of the molecule is C.C.C.C.C.C.CCCCC(C)(C(C)=O)C(=O)OC. The van der Waals surface area contributed by atoms with Crippen LogP contribution >= 0.6 is 0 Å². The molecule has 124 valence electrons. The van der Waals surface area contributed by atoms with Crippen LogP contribution in [0.2, 0.25) is 0 Å². The van der Waals surface area contributed by atoms with Gasteiger partial charge in [0.15, 0.2) is 0 Å². The van der Waals surface area contributed by atoms with Crippen LogP contribution < -0.4 is 0 Å². The number of ketones is 1. The van der Waals surface area contributed by atoms with Gasteiger partial charge in [-0.3, -0.25) is 9.59 Å². The van der Waals surface area contributed by atoms with E-state index >= 15 is 0 Å². The zero-order valence-corrected chi connectivity index (χ0v) is 8.85. The van der Waals surface area contributed by atoms with Gasteiger partial charge in [0.2, 0.25) is 0 Å². The Kier molecular flexibility index (Phi) is 44.0. The third kappa shape index (κ3) is 11.9. The molecule has 0 amide bonds. The number of carbonyl (C=O) groups excluding carboxylic acids is 2. The van der Waals surface area contributed by atoms with E-state index in [0.717, 1.165) is 12.8 Å². The lowest BCUT2D eigenvalue weighted by atomic mass is 9.81. The van der Waals surface area contributed by atoms with Crippen molar-refractivity contribution in [1.82, 2.24) is 0 Å². The summed E-state index contributed by atoms with van der Waals surface area (Å²) in [6.45, 7) is 5.11. The van der Waals surface area contributed by atoms with Gasteiger partial charge in [0.25, 0.3) is 0 Å². The molecule has 0 aliphatic carbocycles. The standard InChI is InChI=1S/C10H18O3.6CH4/c1-5-6-7-10(3,8(2)11)9(12)13-4;;;;;;/h5-7H2,1-4H3;6*1H4. The molecule has 0 fully saturated rings. The molecule has 1 unspecified atom stereocenters. The molecule has 0 aromatic carbocycles. The highest BCUT2D eigenvalue weighted by Crippen LogP contribution is 2.26. The van der Waals surface area contributed by atoms with E-state index in [1.807, 2.05) is 6.92 Å². The van der Waals surface area contributed by atoms with Gasteiger partial charge in [0.1, 0.15) is 11.2 Å². The van der Waals surface area contributed by atoms with E-state index in [0.29, 0.717) is 6.42 Å². The van der Waals surface area contributed by atoms with Crippen LogP contribution in [0, 0.1) is 5.41 Å². The zero-order chi connectivity index (χ0) is 10.5. The molecule has 19 heavy (non-hydrogen) atoms. The summed E-state index contributed by atoms with van der Waals surface area (Å²) in [6, 6.07) is 0. The number of methoxy groups -OCH3 is 1. The van der Waals surface area contributed by atoms with Gasteiger partial charge in [-0.1, -0.05) is 64.3 Å². The Balaban J connectivity index is -0.0000000480. The molecule has 0 bridgehead atoms. The fraction of sp³-hybridized carbons (Fsp3) is 0.875. The number of carbonyl (C=O) groups is 2. The monoisotopic (exact) mass is 282 g/mol. The maximum Gasteiger partial charge on any atom is 0.319 e. The fourth-order valence-corrected chi connectivity index (χ4v) is 1.18. The van der Waals surface area contributed by atoms with E-state index < -0.39 is 11.4 Å². The molecule has 0 aromatic heterocycles. The van der Waals surface area contributed by atoms with Gasteiger partial charge in [0.05, 0.1) is 7.11 Å². The number of hydrogen-bond donors (Lipinski definition) is 0. The van der Waals surface area contributed by atoms with Gasteiger partial charge in [0, 0.05) is 0 Å². The van der Waals surface area contributed by atoms with Crippen molar-refractivity contribution in [3.63, 3.8) is 0 Å².